The Kier molecular flexibility index (Phi) is 2.54. The van der Waals surface area contributed by atoms with Crippen LogP contribution in [0.3, 0.4) is 0 Å². The summed E-state index contributed by atoms with van der Waals surface area (Å²) in [4.78, 5) is 13.1. The molecule has 2 atom stereocenters. The standard InChI is InChI=1S/C9H8ClNO3S/c1-11-5-3-2-4-6(15(13)14)7(5)8(10)9(11)12/h2-4,8H,1H3,(H,13,14). The van der Waals surface area contributed by atoms with Crippen LogP contribution in [-0.4, -0.2) is 21.7 Å². The molecule has 2 unspecified atom stereocenters. The molecule has 1 aromatic rings. The summed E-state index contributed by atoms with van der Waals surface area (Å²) in [6.07, 6.45) is 0. The lowest BCUT2D eigenvalue weighted by Gasteiger charge is -2.09. The van der Waals surface area contributed by atoms with Gasteiger partial charge in [-0.1, -0.05) is 6.07 Å². The number of nitrogens with zero attached hydrogens (tertiary/aromatic N) is 1. The van der Waals surface area contributed by atoms with Crippen LogP contribution in [0.25, 0.3) is 0 Å². The van der Waals surface area contributed by atoms with Gasteiger partial charge in [-0.2, -0.15) is 0 Å². The van der Waals surface area contributed by atoms with Crippen LogP contribution in [0, 0.1) is 0 Å². The molecule has 80 valence electrons. The van der Waals surface area contributed by atoms with Gasteiger partial charge in [0.2, 0.25) is 5.91 Å². The van der Waals surface area contributed by atoms with E-state index in [-0.39, 0.29) is 10.8 Å². The van der Waals surface area contributed by atoms with Crippen molar-refractivity contribution in [2.75, 3.05) is 11.9 Å². The first-order valence-corrected chi connectivity index (χ1v) is 5.73. The van der Waals surface area contributed by atoms with Gasteiger partial charge in [0.15, 0.2) is 11.1 Å². The molecule has 1 N–H and O–H groups in total. The van der Waals surface area contributed by atoms with Crippen molar-refractivity contribution in [3.05, 3.63) is 23.8 Å². The van der Waals surface area contributed by atoms with Gasteiger partial charge >= 0.3 is 0 Å². The molecule has 4 nitrogen and oxygen atoms in total. The van der Waals surface area contributed by atoms with Crippen molar-refractivity contribution in [3.8, 4) is 0 Å². The van der Waals surface area contributed by atoms with Crippen molar-refractivity contribution >= 4 is 34.3 Å². The fraction of sp³-hybridized carbons (Fsp3) is 0.222. The van der Waals surface area contributed by atoms with Gasteiger partial charge in [-0.05, 0) is 12.1 Å². The first kappa shape index (κ1) is 10.6. The number of carbonyl (C=O) groups is 1. The molecular formula is C9H8ClNO3S. The predicted molar refractivity (Wildman–Crippen MR) is 57.5 cm³/mol. The minimum atomic E-state index is -2.12. The van der Waals surface area contributed by atoms with Crippen LogP contribution in [0.15, 0.2) is 23.1 Å². The van der Waals surface area contributed by atoms with Gasteiger partial charge in [-0.3, -0.25) is 4.79 Å². The van der Waals surface area contributed by atoms with Crippen molar-refractivity contribution in [1.82, 2.24) is 0 Å². The largest absolute Gasteiger partial charge is 0.314 e. The van der Waals surface area contributed by atoms with E-state index in [2.05, 4.69) is 0 Å². The SMILES string of the molecule is CN1C(=O)C(Cl)c2c1cccc2S(=O)O. The molecule has 1 aliphatic rings. The van der Waals surface area contributed by atoms with Gasteiger partial charge in [-0.25, -0.2) is 4.21 Å². The number of rotatable bonds is 1. The van der Waals surface area contributed by atoms with Crippen LogP contribution in [0.2, 0.25) is 0 Å². The van der Waals surface area contributed by atoms with Crippen LogP contribution in [0.1, 0.15) is 10.9 Å². The van der Waals surface area contributed by atoms with E-state index in [1.165, 1.54) is 11.0 Å². The summed E-state index contributed by atoms with van der Waals surface area (Å²) in [6.45, 7) is 0. The fourth-order valence-electron chi connectivity index (χ4n) is 1.64. The lowest BCUT2D eigenvalue weighted by Crippen LogP contribution is -2.21. The highest BCUT2D eigenvalue weighted by atomic mass is 35.5. The van der Waals surface area contributed by atoms with Crippen LogP contribution in [0.4, 0.5) is 5.69 Å². The van der Waals surface area contributed by atoms with E-state index in [4.69, 9.17) is 16.2 Å². The number of benzene rings is 1. The van der Waals surface area contributed by atoms with Crippen LogP contribution in [0.5, 0.6) is 0 Å². The second-order valence-corrected chi connectivity index (χ2v) is 4.57. The molecule has 0 aromatic heterocycles. The summed E-state index contributed by atoms with van der Waals surface area (Å²) in [6, 6.07) is 4.82. The normalized spacial score (nSPS) is 21.7. The van der Waals surface area contributed by atoms with Crippen LogP contribution in [-0.2, 0) is 15.9 Å². The quantitative estimate of drug-likeness (QED) is 0.603. The maximum absolute atomic E-state index is 11.6. The highest BCUT2D eigenvalue weighted by Crippen LogP contribution is 2.41. The van der Waals surface area contributed by atoms with E-state index in [0.717, 1.165) is 0 Å². The van der Waals surface area contributed by atoms with Crippen molar-refractivity contribution in [2.45, 2.75) is 10.3 Å². The monoisotopic (exact) mass is 245 g/mol. The minimum absolute atomic E-state index is 0.199. The molecule has 1 aliphatic heterocycles. The Morgan fingerprint density at radius 1 is 1.53 bits per heavy atom. The number of alkyl halides is 1. The number of hydrogen-bond acceptors (Lipinski definition) is 2. The molecule has 1 heterocycles. The number of anilines is 1. The zero-order valence-electron chi connectivity index (χ0n) is 7.81. The number of carbonyl (C=O) groups excluding carboxylic acids is 1. The molecule has 15 heavy (non-hydrogen) atoms. The van der Waals surface area contributed by atoms with Gasteiger partial charge in [0.05, 0.1) is 4.90 Å². The Hall–Kier alpha value is -0.910. The molecule has 0 radical (unpaired) electrons. The third kappa shape index (κ3) is 1.47. The Labute approximate surface area is 94.1 Å². The molecular weight excluding hydrogens is 238 g/mol. The molecule has 1 aromatic carbocycles. The first-order valence-electron chi connectivity index (χ1n) is 4.19. The van der Waals surface area contributed by atoms with Gasteiger partial charge in [0.25, 0.3) is 0 Å². The molecule has 0 spiro atoms. The average molecular weight is 246 g/mol. The lowest BCUT2D eigenvalue weighted by molar-refractivity contribution is -0.117. The van der Waals surface area contributed by atoms with E-state index < -0.39 is 16.5 Å². The summed E-state index contributed by atoms with van der Waals surface area (Å²) in [5, 5.41) is -0.864. The summed E-state index contributed by atoms with van der Waals surface area (Å²) < 4.78 is 20.1. The molecule has 0 saturated carbocycles. The minimum Gasteiger partial charge on any atom is -0.314 e. The van der Waals surface area contributed by atoms with Crippen LogP contribution < -0.4 is 4.90 Å². The van der Waals surface area contributed by atoms with Gasteiger partial charge in [0, 0.05) is 18.3 Å². The molecule has 2 rings (SSSR count). The van der Waals surface area contributed by atoms with Crippen molar-refractivity contribution < 1.29 is 13.6 Å². The summed E-state index contributed by atoms with van der Waals surface area (Å²) in [7, 11) is 1.59. The number of amides is 1. The molecule has 0 fully saturated rings. The second-order valence-electron chi connectivity index (χ2n) is 3.20. The maximum Gasteiger partial charge on any atom is 0.249 e. The lowest BCUT2D eigenvalue weighted by atomic mass is 10.1. The van der Waals surface area contributed by atoms with Gasteiger partial charge in [0.1, 0.15) is 5.38 Å². The molecule has 6 heteroatoms. The van der Waals surface area contributed by atoms with Crippen LogP contribution >= 0.6 is 11.6 Å². The smallest absolute Gasteiger partial charge is 0.249 e. The fourth-order valence-corrected chi connectivity index (χ4v) is 2.69. The third-order valence-electron chi connectivity index (χ3n) is 2.39. The van der Waals surface area contributed by atoms with E-state index in [9.17, 15) is 9.00 Å². The van der Waals surface area contributed by atoms with E-state index in [1.807, 2.05) is 0 Å². The molecule has 0 aliphatic carbocycles. The van der Waals surface area contributed by atoms with Crippen molar-refractivity contribution in [2.24, 2.45) is 0 Å². The maximum atomic E-state index is 11.6. The molecule has 0 bridgehead atoms. The summed E-state index contributed by atoms with van der Waals surface area (Å²) in [5.74, 6) is -0.274. The summed E-state index contributed by atoms with van der Waals surface area (Å²) >= 11 is 3.78. The van der Waals surface area contributed by atoms with Crippen molar-refractivity contribution in [3.63, 3.8) is 0 Å². The number of likely N-dealkylation sites (N-methyl/N-ethyl adjacent to an activating group) is 1. The Balaban J connectivity index is 2.68. The third-order valence-corrected chi connectivity index (χ3v) is 3.53. The number of halogens is 1. The zero-order valence-corrected chi connectivity index (χ0v) is 9.38. The zero-order chi connectivity index (χ0) is 11.2. The van der Waals surface area contributed by atoms with E-state index in [1.54, 1.807) is 19.2 Å². The Morgan fingerprint density at radius 2 is 2.20 bits per heavy atom. The predicted octanol–water partition coefficient (Wildman–Crippen LogP) is 1.52. The van der Waals surface area contributed by atoms with Crippen molar-refractivity contribution in [1.29, 1.82) is 0 Å². The highest BCUT2D eigenvalue weighted by Gasteiger charge is 2.36. The number of hydrogen-bond donors (Lipinski definition) is 1. The van der Waals surface area contributed by atoms with E-state index >= 15 is 0 Å². The summed E-state index contributed by atoms with van der Waals surface area (Å²) in [5.41, 5.74) is 1.03. The Bertz CT molecular complexity index is 463. The second kappa shape index (κ2) is 3.59. The first-order chi connectivity index (χ1) is 7.04. The topological polar surface area (TPSA) is 57.6 Å². The van der Waals surface area contributed by atoms with Gasteiger partial charge in [-0.15, -0.1) is 11.6 Å². The highest BCUT2D eigenvalue weighted by molar-refractivity contribution is 7.79. The number of fused-ring (bicyclic) bond motifs is 1. The van der Waals surface area contributed by atoms with E-state index in [0.29, 0.717) is 11.3 Å². The van der Waals surface area contributed by atoms with Gasteiger partial charge < -0.3 is 9.45 Å². The molecule has 0 saturated heterocycles. The Morgan fingerprint density at radius 3 is 2.80 bits per heavy atom. The molecule has 1 amide bonds. The average Bonchev–Trinajstić information content (AvgIpc) is 2.44.